The first-order chi connectivity index (χ1) is 14.5. The molecule has 0 saturated carbocycles. The molecule has 4 rings (SSSR count). The van der Waals surface area contributed by atoms with Crippen LogP contribution in [0.4, 0.5) is 10.1 Å². The number of carbonyl (C=O) groups is 1. The molecule has 2 heterocycles. The molecule has 0 aliphatic carbocycles. The third kappa shape index (κ3) is 4.05. The molecule has 0 bridgehead atoms. The van der Waals surface area contributed by atoms with E-state index >= 15 is 0 Å². The molecule has 1 N–H and O–H groups in total. The molecule has 1 aliphatic rings. The van der Waals surface area contributed by atoms with Gasteiger partial charge >= 0.3 is 0 Å². The molecule has 0 fully saturated rings. The van der Waals surface area contributed by atoms with Crippen LogP contribution in [0.1, 0.15) is 29.3 Å². The van der Waals surface area contributed by atoms with Gasteiger partial charge in [0.2, 0.25) is 0 Å². The number of benzene rings is 2. The van der Waals surface area contributed by atoms with E-state index in [0.717, 1.165) is 16.8 Å². The van der Waals surface area contributed by atoms with Gasteiger partial charge in [0.25, 0.3) is 5.91 Å². The van der Waals surface area contributed by atoms with E-state index in [9.17, 15) is 9.18 Å². The first kappa shape index (κ1) is 19.7. The second kappa shape index (κ2) is 8.41. The number of ether oxygens (including phenoxy) is 1. The summed E-state index contributed by atoms with van der Waals surface area (Å²) in [6.45, 7) is 2.00. The zero-order chi connectivity index (χ0) is 21.1. The monoisotopic (exact) mass is 407 g/mol. The number of rotatable bonds is 6. The number of hydrogen-bond donors (Lipinski definition) is 1. The largest absolute Gasteiger partial charge is 0.494 e. The number of anilines is 1. The molecule has 7 heteroatoms. The SMILES string of the molecule is COc1cc(F)ccc1NCC(=O)N1N=C(c2ccc(C)cc2)CC1c1ccco1. The summed E-state index contributed by atoms with van der Waals surface area (Å²) in [6.07, 6.45) is 2.14. The highest BCUT2D eigenvalue weighted by Gasteiger charge is 2.34. The second-order valence-corrected chi connectivity index (χ2v) is 7.08. The van der Waals surface area contributed by atoms with Gasteiger partial charge in [0, 0.05) is 12.5 Å². The fourth-order valence-corrected chi connectivity index (χ4v) is 3.43. The lowest BCUT2D eigenvalue weighted by atomic mass is 10.0. The molecule has 2 aromatic carbocycles. The van der Waals surface area contributed by atoms with Crippen LogP contribution in [0.2, 0.25) is 0 Å². The number of nitrogens with one attached hydrogen (secondary N) is 1. The summed E-state index contributed by atoms with van der Waals surface area (Å²) in [5.74, 6) is 0.364. The smallest absolute Gasteiger partial charge is 0.262 e. The summed E-state index contributed by atoms with van der Waals surface area (Å²) in [6, 6.07) is 15.5. The van der Waals surface area contributed by atoms with Gasteiger partial charge in [-0.2, -0.15) is 5.10 Å². The Morgan fingerprint density at radius 1 is 1.27 bits per heavy atom. The second-order valence-electron chi connectivity index (χ2n) is 7.08. The molecule has 1 amide bonds. The Morgan fingerprint density at radius 3 is 2.77 bits per heavy atom. The van der Waals surface area contributed by atoms with Crippen molar-refractivity contribution in [1.82, 2.24) is 5.01 Å². The Balaban J connectivity index is 1.55. The van der Waals surface area contributed by atoms with Crippen LogP contribution in [0.3, 0.4) is 0 Å². The highest BCUT2D eigenvalue weighted by Crippen LogP contribution is 2.33. The van der Waals surface area contributed by atoms with Crippen LogP contribution >= 0.6 is 0 Å². The molecule has 1 unspecified atom stereocenters. The number of carbonyl (C=O) groups excluding carboxylic acids is 1. The maximum atomic E-state index is 13.4. The normalized spacial score (nSPS) is 15.8. The molecule has 3 aromatic rings. The van der Waals surface area contributed by atoms with Crippen molar-refractivity contribution in [2.75, 3.05) is 19.0 Å². The first-order valence-electron chi connectivity index (χ1n) is 9.62. The van der Waals surface area contributed by atoms with Crippen LogP contribution in [0.15, 0.2) is 70.4 Å². The molecular weight excluding hydrogens is 385 g/mol. The zero-order valence-corrected chi connectivity index (χ0v) is 16.8. The van der Waals surface area contributed by atoms with Crippen LogP contribution in [-0.2, 0) is 4.79 Å². The lowest BCUT2D eigenvalue weighted by molar-refractivity contribution is -0.131. The van der Waals surface area contributed by atoms with E-state index in [-0.39, 0.29) is 18.5 Å². The van der Waals surface area contributed by atoms with Gasteiger partial charge in [-0.15, -0.1) is 0 Å². The van der Waals surface area contributed by atoms with Gasteiger partial charge in [-0.25, -0.2) is 9.40 Å². The minimum Gasteiger partial charge on any atom is -0.494 e. The molecule has 0 saturated heterocycles. The predicted octanol–water partition coefficient (Wildman–Crippen LogP) is 4.53. The van der Waals surface area contributed by atoms with Crippen molar-refractivity contribution in [3.8, 4) is 5.75 Å². The van der Waals surface area contributed by atoms with E-state index in [1.807, 2.05) is 37.3 Å². The van der Waals surface area contributed by atoms with Crippen LogP contribution in [0.5, 0.6) is 5.75 Å². The zero-order valence-electron chi connectivity index (χ0n) is 16.8. The molecule has 0 spiro atoms. The van der Waals surface area contributed by atoms with Crippen molar-refractivity contribution in [2.24, 2.45) is 5.10 Å². The standard InChI is InChI=1S/C23H22FN3O3/c1-15-5-7-16(8-6-15)19-13-20(21-4-3-11-30-21)27(26-19)23(28)14-25-18-10-9-17(24)12-22(18)29-2/h3-12,20,25H,13-14H2,1-2H3. The number of furan rings is 1. The average Bonchev–Trinajstić information content (AvgIpc) is 3.43. The number of hydrogen-bond acceptors (Lipinski definition) is 5. The number of halogens is 1. The summed E-state index contributed by atoms with van der Waals surface area (Å²) in [7, 11) is 1.45. The van der Waals surface area contributed by atoms with E-state index in [4.69, 9.17) is 9.15 Å². The van der Waals surface area contributed by atoms with Gasteiger partial charge in [-0.1, -0.05) is 29.8 Å². The first-order valence-corrected chi connectivity index (χ1v) is 9.62. The summed E-state index contributed by atoms with van der Waals surface area (Å²) >= 11 is 0. The van der Waals surface area contributed by atoms with Crippen molar-refractivity contribution in [1.29, 1.82) is 0 Å². The van der Waals surface area contributed by atoms with Crippen LogP contribution < -0.4 is 10.1 Å². The molecule has 0 radical (unpaired) electrons. The summed E-state index contributed by atoms with van der Waals surface area (Å²) in [5, 5.41) is 9.07. The third-order valence-corrected chi connectivity index (χ3v) is 5.02. The van der Waals surface area contributed by atoms with Gasteiger partial charge in [-0.05, 0) is 36.8 Å². The third-order valence-electron chi connectivity index (χ3n) is 5.02. The molecule has 154 valence electrons. The molecule has 30 heavy (non-hydrogen) atoms. The fourth-order valence-electron chi connectivity index (χ4n) is 3.43. The van der Waals surface area contributed by atoms with Crippen molar-refractivity contribution >= 4 is 17.3 Å². The number of methoxy groups -OCH3 is 1. The lowest BCUT2D eigenvalue weighted by Gasteiger charge is -2.20. The molecule has 1 aliphatic heterocycles. The van der Waals surface area contributed by atoms with Crippen molar-refractivity contribution < 1.29 is 18.3 Å². The van der Waals surface area contributed by atoms with E-state index in [1.165, 1.54) is 30.3 Å². The molecular formula is C23H22FN3O3. The lowest BCUT2D eigenvalue weighted by Crippen LogP contribution is -2.32. The Bertz CT molecular complexity index is 1060. The van der Waals surface area contributed by atoms with Crippen LogP contribution in [-0.4, -0.2) is 30.3 Å². The quantitative estimate of drug-likeness (QED) is 0.652. The van der Waals surface area contributed by atoms with E-state index < -0.39 is 5.82 Å². The number of amides is 1. The number of aryl methyl sites for hydroxylation is 1. The fraction of sp³-hybridized carbons (Fsp3) is 0.217. The highest BCUT2D eigenvalue weighted by atomic mass is 19.1. The summed E-state index contributed by atoms with van der Waals surface area (Å²) < 4.78 is 24.1. The van der Waals surface area contributed by atoms with E-state index in [1.54, 1.807) is 12.3 Å². The predicted molar refractivity (Wildman–Crippen MR) is 112 cm³/mol. The minimum atomic E-state index is -0.409. The van der Waals surface area contributed by atoms with Crippen molar-refractivity contribution in [2.45, 2.75) is 19.4 Å². The summed E-state index contributed by atoms with van der Waals surface area (Å²) in [5.41, 5.74) is 3.48. The van der Waals surface area contributed by atoms with Crippen molar-refractivity contribution in [3.05, 3.63) is 83.6 Å². The minimum absolute atomic E-state index is 0.0239. The Kier molecular flexibility index (Phi) is 5.52. The maximum absolute atomic E-state index is 13.4. The van der Waals surface area contributed by atoms with Crippen LogP contribution in [0.25, 0.3) is 0 Å². The Hall–Kier alpha value is -3.61. The van der Waals surface area contributed by atoms with Gasteiger partial charge < -0.3 is 14.5 Å². The molecule has 6 nitrogen and oxygen atoms in total. The van der Waals surface area contributed by atoms with Gasteiger partial charge in [-0.3, -0.25) is 4.79 Å². The average molecular weight is 407 g/mol. The topological polar surface area (TPSA) is 67.1 Å². The Morgan fingerprint density at radius 2 is 2.07 bits per heavy atom. The highest BCUT2D eigenvalue weighted by molar-refractivity contribution is 6.03. The van der Waals surface area contributed by atoms with Gasteiger partial charge in [0.05, 0.1) is 31.3 Å². The maximum Gasteiger partial charge on any atom is 0.262 e. The Labute approximate surface area is 174 Å². The number of nitrogens with zero attached hydrogens (tertiary/aromatic N) is 2. The number of hydrazone groups is 1. The molecule has 1 atom stereocenters. The summed E-state index contributed by atoms with van der Waals surface area (Å²) in [4.78, 5) is 13.0. The van der Waals surface area contributed by atoms with E-state index in [0.29, 0.717) is 23.6 Å². The van der Waals surface area contributed by atoms with E-state index in [2.05, 4.69) is 10.4 Å². The van der Waals surface area contributed by atoms with Crippen LogP contribution in [0, 0.1) is 12.7 Å². The van der Waals surface area contributed by atoms with Crippen molar-refractivity contribution in [3.63, 3.8) is 0 Å². The van der Waals surface area contributed by atoms with Gasteiger partial charge in [0.1, 0.15) is 23.4 Å². The van der Waals surface area contributed by atoms with Gasteiger partial charge in [0.15, 0.2) is 0 Å². The molecule has 1 aromatic heterocycles.